The number of hydrogen-bond acceptors (Lipinski definition) is 6. The number of aromatic hydroxyl groups is 1. The van der Waals surface area contributed by atoms with Gasteiger partial charge < -0.3 is 19.3 Å². The number of methoxy groups -OCH3 is 2. The van der Waals surface area contributed by atoms with Gasteiger partial charge in [-0.1, -0.05) is 6.92 Å². The highest BCUT2D eigenvalue weighted by atomic mass is 16.6. The first-order valence-electron chi connectivity index (χ1n) is 5.69. The predicted molar refractivity (Wildman–Crippen MR) is 66.8 cm³/mol. The minimum absolute atomic E-state index is 0.0970. The smallest absolute Gasteiger partial charge is 0.318 e. The van der Waals surface area contributed by atoms with Gasteiger partial charge in [0.1, 0.15) is 12.2 Å². The Kier molecular flexibility index (Phi) is 5.17. The minimum atomic E-state index is -0.756. The fourth-order valence-corrected chi connectivity index (χ4v) is 1.42. The molecule has 1 aromatic rings. The van der Waals surface area contributed by atoms with Gasteiger partial charge >= 0.3 is 5.97 Å². The second-order valence-corrected chi connectivity index (χ2v) is 3.69. The van der Waals surface area contributed by atoms with E-state index in [4.69, 9.17) is 14.2 Å². The summed E-state index contributed by atoms with van der Waals surface area (Å²) in [6.07, 6.45) is -0.105. The largest absolute Gasteiger partial charge is 0.504 e. The summed E-state index contributed by atoms with van der Waals surface area (Å²) in [4.78, 5) is 22.7. The number of hydrogen-bond donors (Lipinski definition) is 1. The molecule has 0 aromatic heterocycles. The van der Waals surface area contributed by atoms with E-state index in [2.05, 4.69) is 0 Å². The van der Waals surface area contributed by atoms with E-state index in [9.17, 15) is 14.7 Å². The zero-order chi connectivity index (χ0) is 14.4. The van der Waals surface area contributed by atoms with Crippen molar-refractivity contribution >= 4 is 11.8 Å². The molecule has 0 fully saturated rings. The third-order valence-electron chi connectivity index (χ3n) is 2.43. The number of Topliss-reactive ketones (excluding diaryl/α,β-unsaturated/α-hetero) is 1. The van der Waals surface area contributed by atoms with Crippen LogP contribution in [0.4, 0.5) is 0 Å². The van der Waals surface area contributed by atoms with Crippen LogP contribution in [0.25, 0.3) is 0 Å². The highest BCUT2D eigenvalue weighted by Crippen LogP contribution is 2.43. The van der Waals surface area contributed by atoms with E-state index in [0.29, 0.717) is 5.75 Å². The molecule has 0 aliphatic rings. The second-order valence-electron chi connectivity index (χ2n) is 3.69. The van der Waals surface area contributed by atoms with Crippen molar-refractivity contribution in [3.8, 4) is 23.0 Å². The zero-order valence-corrected chi connectivity index (χ0v) is 11.1. The normalized spacial score (nSPS) is 9.84. The van der Waals surface area contributed by atoms with Gasteiger partial charge in [0, 0.05) is 6.42 Å². The highest BCUT2D eigenvalue weighted by Gasteiger charge is 2.20. The lowest BCUT2D eigenvalue weighted by Gasteiger charge is -2.13. The number of carbonyl (C=O) groups excluding carboxylic acids is 2. The Morgan fingerprint density at radius 2 is 1.84 bits per heavy atom. The maximum atomic E-state index is 11.6. The van der Waals surface area contributed by atoms with Gasteiger partial charge in [0.05, 0.1) is 14.2 Å². The monoisotopic (exact) mass is 268 g/mol. The molecule has 0 unspecified atom stereocenters. The van der Waals surface area contributed by atoms with E-state index in [1.54, 1.807) is 6.92 Å². The second kappa shape index (κ2) is 6.63. The van der Waals surface area contributed by atoms with Crippen molar-refractivity contribution in [2.45, 2.75) is 19.8 Å². The van der Waals surface area contributed by atoms with Crippen LogP contribution in [0, 0.1) is 0 Å². The van der Waals surface area contributed by atoms with Crippen LogP contribution < -0.4 is 14.2 Å². The molecule has 1 aromatic carbocycles. The van der Waals surface area contributed by atoms with Gasteiger partial charge in [-0.15, -0.1) is 0 Å². The highest BCUT2D eigenvalue weighted by molar-refractivity contribution is 5.96. The lowest BCUT2D eigenvalue weighted by atomic mass is 10.2. The SMILES string of the molecule is CCC(=O)CC(=O)Oc1c(O)ccc(OC)c1OC. The Morgan fingerprint density at radius 1 is 1.16 bits per heavy atom. The first-order valence-corrected chi connectivity index (χ1v) is 5.69. The lowest BCUT2D eigenvalue weighted by molar-refractivity contribution is -0.138. The van der Waals surface area contributed by atoms with E-state index in [1.165, 1.54) is 26.4 Å². The quantitative estimate of drug-likeness (QED) is 0.480. The lowest BCUT2D eigenvalue weighted by Crippen LogP contribution is -2.14. The summed E-state index contributed by atoms with van der Waals surface area (Å²) in [7, 11) is 2.77. The van der Waals surface area contributed by atoms with Crippen LogP contribution in [-0.2, 0) is 9.59 Å². The van der Waals surface area contributed by atoms with Gasteiger partial charge in [-0.05, 0) is 12.1 Å². The molecule has 0 spiro atoms. The van der Waals surface area contributed by atoms with Crippen LogP contribution in [0.2, 0.25) is 0 Å². The van der Waals surface area contributed by atoms with E-state index in [-0.39, 0.29) is 35.9 Å². The number of phenols is 1. The minimum Gasteiger partial charge on any atom is -0.504 e. The van der Waals surface area contributed by atoms with E-state index in [1.807, 2.05) is 0 Å². The number of ether oxygens (including phenoxy) is 3. The molecule has 104 valence electrons. The van der Waals surface area contributed by atoms with Crippen LogP contribution >= 0.6 is 0 Å². The summed E-state index contributed by atoms with van der Waals surface area (Å²) in [6, 6.07) is 2.79. The summed E-state index contributed by atoms with van der Waals surface area (Å²) in [6.45, 7) is 1.65. The molecule has 19 heavy (non-hydrogen) atoms. The molecule has 0 bridgehead atoms. The van der Waals surface area contributed by atoms with Crippen molar-refractivity contribution in [2.24, 2.45) is 0 Å². The van der Waals surface area contributed by atoms with Crippen molar-refractivity contribution in [1.82, 2.24) is 0 Å². The van der Waals surface area contributed by atoms with Crippen LogP contribution in [0.5, 0.6) is 23.0 Å². The molecule has 0 saturated carbocycles. The van der Waals surface area contributed by atoms with Crippen LogP contribution in [-0.4, -0.2) is 31.1 Å². The number of ketones is 1. The maximum Gasteiger partial charge on any atom is 0.318 e. The number of phenolic OH excluding ortho intramolecular Hbond substituents is 1. The Labute approximate surface area is 110 Å². The zero-order valence-electron chi connectivity index (χ0n) is 11.1. The van der Waals surface area contributed by atoms with Crippen LogP contribution in [0.15, 0.2) is 12.1 Å². The van der Waals surface area contributed by atoms with Gasteiger partial charge in [0.15, 0.2) is 11.5 Å². The molecule has 0 aliphatic heterocycles. The number of esters is 1. The van der Waals surface area contributed by atoms with Crippen molar-refractivity contribution < 1.29 is 28.9 Å². The predicted octanol–water partition coefficient (Wildman–Crippen LogP) is 1.68. The van der Waals surface area contributed by atoms with Crippen molar-refractivity contribution in [1.29, 1.82) is 0 Å². The number of benzene rings is 1. The van der Waals surface area contributed by atoms with Gasteiger partial charge in [-0.3, -0.25) is 9.59 Å². The Hall–Kier alpha value is -2.24. The van der Waals surface area contributed by atoms with Crippen LogP contribution in [0.1, 0.15) is 19.8 Å². The van der Waals surface area contributed by atoms with Gasteiger partial charge in [-0.25, -0.2) is 0 Å². The molecule has 0 radical (unpaired) electrons. The fraction of sp³-hybridized carbons (Fsp3) is 0.385. The fourth-order valence-electron chi connectivity index (χ4n) is 1.42. The van der Waals surface area contributed by atoms with E-state index >= 15 is 0 Å². The first-order chi connectivity index (χ1) is 9.03. The maximum absolute atomic E-state index is 11.6. The topological polar surface area (TPSA) is 82.1 Å². The summed E-state index contributed by atoms with van der Waals surface area (Å²) in [5.74, 6) is -1.02. The third kappa shape index (κ3) is 3.61. The van der Waals surface area contributed by atoms with Gasteiger partial charge in [0.25, 0.3) is 0 Å². The molecule has 1 rings (SSSR count). The molecule has 6 nitrogen and oxygen atoms in total. The molecule has 0 atom stereocenters. The number of rotatable bonds is 6. The van der Waals surface area contributed by atoms with Gasteiger partial charge in [-0.2, -0.15) is 0 Å². The molecule has 0 saturated heterocycles. The molecular weight excluding hydrogens is 252 g/mol. The van der Waals surface area contributed by atoms with Crippen molar-refractivity contribution in [2.75, 3.05) is 14.2 Å². The van der Waals surface area contributed by atoms with Gasteiger partial charge in [0.2, 0.25) is 11.5 Å². The van der Waals surface area contributed by atoms with E-state index < -0.39 is 5.97 Å². The molecular formula is C13H16O6. The average Bonchev–Trinajstić information content (AvgIpc) is 2.40. The summed E-state index contributed by atoms with van der Waals surface area (Å²) in [5, 5.41) is 9.68. The van der Waals surface area contributed by atoms with Crippen LogP contribution in [0.3, 0.4) is 0 Å². The molecule has 0 amide bonds. The number of carbonyl (C=O) groups is 2. The molecule has 0 aliphatic carbocycles. The Balaban J connectivity index is 2.99. The van der Waals surface area contributed by atoms with Crippen molar-refractivity contribution in [3.63, 3.8) is 0 Å². The summed E-state index contributed by atoms with van der Waals surface area (Å²) in [5.41, 5.74) is 0. The third-order valence-corrected chi connectivity index (χ3v) is 2.43. The Morgan fingerprint density at radius 3 is 2.37 bits per heavy atom. The average molecular weight is 268 g/mol. The molecule has 6 heteroatoms. The van der Waals surface area contributed by atoms with Crippen molar-refractivity contribution in [3.05, 3.63) is 12.1 Å². The summed E-state index contributed by atoms with van der Waals surface area (Å²) >= 11 is 0. The molecule has 1 N–H and O–H groups in total. The first kappa shape index (κ1) is 14.8. The molecule has 0 heterocycles. The summed E-state index contributed by atoms with van der Waals surface area (Å²) < 4.78 is 15.0. The standard InChI is InChI=1S/C13H16O6/c1-4-8(14)7-11(16)19-12-9(15)5-6-10(17-2)13(12)18-3/h5-6,15H,4,7H2,1-3H3. The Bertz CT molecular complexity index is 480. The van der Waals surface area contributed by atoms with E-state index in [0.717, 1.165) is 0 Å².